The lowest BCUT2D eigenvalue weighted by Gasteiger charge is -2.28. The van der Waals surface area contributed by atoms with Gasteiger partial charge in [-0.25, -0.2) is 9.97 Å². The molecule has 1 aliphatic heterocycles. The van der Waals surface area contributed by atoms with Crippen molar-refractivity contribution in [3.05, 3.63) is 47.8 Å². The summed E-state index contributed by atoms with van der Waals surface area (Å²) in [6.07, 6.45) is 4.69. The number of hydrogen-bond donors (Lipinski definition) is 1. The second kappa shape index (κ2) is 7.80. The number of ether oxygens (including phenoxy) is 2. The average Bonchev–Trinajstić information content (AvgIpc) is 3.05. The zero-order valence-corrected chi connectivity index (χ0v) is 15.2. The minimum Gasteiger partial charge on any atom is -0.491 e. The summed E-state index contributed by atoms with van der Waals surface area (Å²) in [4.78, 5) is 10.9. The Kier molecular flexibility index (Phi) is 5.50. The molecule has 1 aromatic carbocycles. The molecule has 6 heteroatoms. The Hall–Kier alpha value is -2.18. The maximum atomic E-state index is 5.98. The van der Waals surface area contributed by atoms with Crippen LogP contribution in [0.25, 0.3) is 0 Å². The standard InChI is InChI=1S/C19H26N4O2/c1-15-4-6-17(7-5-15)25-14-19(24-3)8-9-23(13-19)12-16-10-21-18(20-2)22-11-16/h4-7,10-11H,8-9,12-14H2,1-3H3,(H,20,21,22)/t19-/m0/s1. The summed E-state index contributed by atoms with van der Waals surface area (Å²) in [5, 5.41) is 2.93. The molecule has 0 radical (unpaired) electrons. The monoisotopic (exact) mass is 342 g/mol. The lowest BCUT2D eigenvalue weighted by atomic mass is 10.0. The zero-order chi connectivity index (χ0) is 17.7. The topological polar surface area (TPSA) is 59.5 Å². The van der Waals surface area contributed by atoms with Crippen LogP contribution in [0.15, 0.2) is 36.7 Å². The fraction of sp³-hybridized carbons (Fsp3) is 0.474. The molecule has 0 aliphatic carbocycles. The van der Waals surface area contributed by atoms with E-state index in [0.717, 1.165) is 37.4 Å². The van der Waals surface area contributed by atoms with E-state index in [1.165, 1.54) is 5.56 Å². The Labute approximate surface area is 149 Å². The molecule has 0 spiro atoms. The molecule has 0 unspecified atom stereocenters. The molecule has 1 atom stereocenters. The second-order valence-corrected chi connectivity index (χ2v) is 6.61. The quantitative estimate of drug-likeness (QED) is 0.834. The van der Waals surface area contributed by atoms with E-state index in [1.807, 2.05) is 31.6 Å². The van der Waals surface area contributed by atoms with E-state index in [4.69, 9.17) is 9.47 Å². The molecule has 1 N–H and O–H groups in total. The van der Waals surface area contributed by atoms with Gasteiger partial charge in [0.1, 0.15) is 18.0 Å². The van der Waals surface area contributed by atoms with Gasteiger partial charge < -0.3 is 14.8 Å². The lowest BCUT2D eigenvalue weighted by Crippen LogP contribution is -2.41. The van der Waals surface area contributed by atoms with Crippen molar-refractivity contribution in [2.75, 3.05) is 39.2 Å². The van der Waals surface area contributed by atoms with Crippen LogP contribution in [0.2, 0.25) is 0 Å². The van der Waals surface area contributed by atoms with Gasteiger partial charge in [-0.15, -0.1) is 0 Å². The summed E-state index contributed by atoms with van der Waals surface area (Å²) >= 11 is 0. The third kappa shape index (κ3) is 4.46. The van der Waals surface area contributed by atoms with Gasteiger partial charge in [-0.2, -0.15) is 0 Å². The molecule has 0 amide bonds. The summed E-state index contributed by atoms with van der Waals surface area (Å²) in [5.41, 5.74) is 2.06. The van der Waals surface area contributed by atoms with Gasteiger partial charge in [-0.05, 0) is 25.5 Å². The highest BCUT2D eigenvalue weighted by atomic mass is 16.5. The first-order chi connectivity index (χ1) is 12.1. The minimum atomic E-state index is -0.267. The maximum Gasteiger partial charge on any atom is 0.222 e. The molecular weight excluding hydrogens is 316 g/mol. The highest BCUT2D eigenvalue weighted by molar-refractivity contribution is 5.26. The number of hydrogen-bond acceptors (Lipinski definition) is 6. The van der Waals surface area contributed by atoms with Crippen molar-refractivity contribution in [1.29, 1.82) is 0 Å². The van der Waals surface area contributed by atoms with Crippen LogP contribution in [0.4, 0.5) is 5.95 Å². The highest BCUT2D eigenvalue weighted by Gasteiger charge is 2.39. The molecule has 25 heavy (non-hydrogen) atoms. The Morgan fingerprint density at radius 1 is 1.20 bits per heavy atom. The molecule has 1 fully saturated rings. The van der Waals surface area contributed by atoms with Crippen LogP contribution >= 0.6 is 0 Å². The van der Waals surface area contributed by atoms with E-state index >= 15 is 0 Å². The van der Waals surface area contributed by atoms with E-state index in [2.05, 4.69) is 39.2 Å². The van der Waals surface area contributed by atoms with Crippen LogP contribution < -0.4 is 10.1 Å². The van der Waals surface area contributed by atoms with E-state index in [9.17, 15) is 0 Å². The van der Waals surface area contributed by atoms with Crippen molar-refractivity contribution in [2.24, 2.45) is 0 Å². The first-order valence-electron chi connectivity index (χ1n) is 8.58. The van der Waals surface area contributed by atoms with Crippen molar-refractivity contribution < 1.29 is 9.47 Å². The first-order valence-corrected chi connectivity index (χ1v) is 8.58. The Balaban J connectivity index is 1.56. The summed E-state index contributed by atoms with van der Waals surface area (Å²) in [5.74, 6) is 1.53. The third-order valence-electron chi connectivity index (χ3n) is 4.69. The number of aromatic nitrogens is 2. The predicted octanol–water partition coefficient (Wildman–Crippen LogP) is 2.50. The number of likely N-dealkylation sites (tertiary alicyclic amines) is 1. The van der Waals surface area contributed by atoms with Gasteiger partial charge in [0.05, 0.1) is 0 Å². The Morgan fingerprint density at radius 3 is 2.56 bits per heavy atom. The molecule has 2 aromatic rings. The zero-order valence-electron chi connectivity index (χ0n) is 15.2. The van der Waals surface area contributed by atoms with Crippen LogP contribution in [0.1, 0.15) is 17.5 Å². The number of nitrogens with zero attached hydrogens (tertiary/aromatic N) is 3. The van der Waals surface area contributed by atoms with Crippen molar-refractivity contribution in [3.63, 3.8) is 0 Å². The highest BCUT2D eigenvalue weighted by Crippen LogP contribution is 2.27. The van der Waals surface area contributed by atoms with Crippen molar-refractivity contribution in [3.8, 4) is 5.75 Å². The third-order valence-corrected chi connectivity index (χ3v) is 4.69. The van der Waals surface area contributed by atoms with E-state index < -0.39 is 0 Å². The fourth-order valence-electron chi connectivity index (χ4n) is 3.08. The number of benzene rings is 1. The van der Waals surface area contributed by atoms with Gasteiger partial charge in [0.2, 0.25) is 5.95 Å². The van der Waals surface area contributed by atoms with Crippen LogP contribution in [0.5, 0.6) is 5.75 Å². The normalized spacial score (nSPS) is 20.6. The number of rotatable bonds is 7. The lowest BCUT2D eigenvalue weighted by molar-refractivity contribution is -0.0359. The van der Waals surface area contributed by atoms with Crippen molar-refractivity contribution in [1.82, 2.24) is 14.9 Å². The largest absolute Gasteiger partial charge is 0.491 e. The van der Waals surface area contributed by atoms with Gasteiger partial charge in [0.15, 0.2) is 0 Å². The van der Waals surface area contributed by atoms with Crippen LogP contribution in [-0.4, -0.2) is 54.3 Å². The molecule has 134 valence electrons. The minimum absolute atomic E-state index is 0.267. The molecule has 0 saturated carbocycles. The van der Waals surface area contributed by atoms with Crippen LogP contribution in [-0.2, 0) is 11.3 Å². The molecule has 3 rings (SSSR count). The SMILES string of the molecule is CNc1ncc(CN2CC[C@](COc3ccc(C)cc3)(OC)C2)cn1. The maximum absolute atomic E-state index is 5.98. The van der Waals surface area contributed by atoms with E-state index in [0.29, 0.717) is 12.6 Å². The molecule has 1 saturated heterocycles. The number of nitrogens with one attached hydrogen (secondary N) is 1. The van der Waals surface area contributed by atoms with E-state index in [1.54, 1.807) is 7.11 Å². The molecule has 1 aliphatic rings. The summed E-state index contributed by atoms with van der Waals surface area (Å²) < 4.78 is 11.8. The fourth-order valence-corrected chi connectivity index (χ4v) is 3.08. The van der Waals surface area contributed by atoms with Gasteiger partial charge in [-0.1, -0.05) is 17.7 Å². The first kappa shape index (κ1) is 17.6. The van der Waals surface area contributed by atoms with Gasteiger partial charge in [0, 0.05) is 51.7 Å². The molecule has 6 nitrogen and oxygen atoms in total. The molecule has 1 aromatic heterocycles. The molecule has 0 bridgehead atoms. The number of aryl methyl sites for hydroxylation is 1. The number of methoxy groups -OCH3 is 1. The van der Waals surface area contributed by atoms with Gasteiger partial charge in [-0.3, -0.25) is 4.90 Å². The second-order valence-electron chi connectivity index (χ2n) is 6.61. The Morgan fingerprint density at radius 2 is 1.92 bits per heavy atom. The predicted molar refractivity (Wildman–Crippen MR) is 97.9 cm³/mol. The van der Waals surface area contributed by atoms with Crippen molar-refractivity contribution in [2.45, 2.75) is 25.5 Å². The smallest absolute Gasteiger partial charge is 0.222 e. The summed E-state index contributed by atoms with van der Waals surface area (Å²) in [6.45, 7) is 5.25. The Bertz CT molecular complexity index is 675. The summed E-state index contributed by atoms with van der Waals surface area (Å²) in [7, 11) is 3.59. The average molecular weight is 342 g/mol. The van der Waals surface area contributed by atoms with Gasteiger partial charge >= 0.3 is 0 Å². The summed E-state index contributed by atoms with van der Waals surface area (Å²) in [6, 6.07) is 8.13. The van der Waals surface area contributed by atoms with Crippen LogP contribution in [0.3, 0.4) is 0 Å². The van der Waals surface area contributed by atoms with Crippen molar-refractivity contribution >= 4 is 5.95 Å². The van der Waals surface area contributed by atoms with Crippen LogP contribution in [0, 0.1) is 6.92 Å². The van der Waals surface area contributed by atoms with Gasteiger partial charge in [0.25, 0.3) is 0 Å². The molecule has 2 heterocycles. The van der Waals surface area contributed by atoms with E-state index in [-0.39, 0.29) is 5.60 Å². The number of anilines is 1. The molecular formula is C19H26N4O2.